The van der Waals surface area contributed by atoms with Gasteiger partial charge in [0.1, 0.15) is 0 Å². The van der Waals surface area contributed by atoms with E-state index in [9.17, 15) is 8.42 Å². The minimum Gasteiger partial charge on any atom is -0.223 e. The monoisotopic (exact) mass is 320 g/mol. The molecule has 114 valence electrons. The van der Waals surface area contributed by atoms with E-state index >= 15 is 0 Å². The summed E-state index contributed by atoms with van der Waals surface area (Å²) in [6.45, 7) is 0. The van der Waals surface area contributed by atoms with Crippen molar-refractivity contribution in [2.24, 2.45) is 0 Å². The van der Waals surface area contributed by atoms with Crippen LogP contribution in [0.1, 0.15) is 11.1 Å². The van der Waals surface area contributed by atoms with Crippen molar-refractivity contribution < 1.29 is 8.42 Å². The maximum Gasteiger partial charge on any atom is 0.185 e. The molecular weight excluding hydrogens is 304 g/mol. The molecule has 0 aromatic heterocycles. The molecule has 3 aromatic carbocycles. The third-order valence-electron chi connectivity index (χ3n) is 4.39. The van der Waals surface area contributed by atoms with Crippen LogP contribution in [0.2, 0.25) is 0 Å². The van der Waals surface area contributed by atoms with Gasteiger partial charge < -0.3 is 0 Å². The average molecular weight is 320 g/mol. The number of sulfone groups is 1. The van der Waals surface area contributed by atoms with Gasteiger partial charge in [0.2, 0.25) is 0 Å². The molecule has 1 aliphatic rings. The van der Waals surface area contributed by atoms with E-state index < -0.39 is 15.1 Å². The number of hydrogen-bond donors (Lipinski definition) is 0. The Morgan fingerprint density at radius 1 is 0.826 bits per heavy atom. The van der Waals surface area contributed by atoms with Crippen LogP contribution in [0.4, 0.5) is 0 Å². The predicted octanol–water partition coefficient (Wildman–Crippen LogP) is 4.25. The zero-order valence-corrected chi connectivity index (χ0v) is 13.3. The molecule has 0 saturated heterocycles. The number of rotatable bonds is 2. The molecule has 0 fully saturated rings. The van der Waals surface area contributed by atoms with Crippen LogP contribution in [0.3, 0.4) is 0 Å². The van der Waals surface area contributed by atoms with Gasteiger partial charge in [0, 0.05) is 0 Å². The van der Waals surface area contributed by atoms with Gasteiger partial charge in [-0.15, -0.1) is 0 Å². The molecule has 3 aromatic rings. The Hall–Kier alpha value is -2.39. The molecule has 0 amide bonds. The minimum atomic E-state index is -3.34. The quantitative estimate of drug-likeness (QED) is 0.707. The van der Waals surface area contributed by atoms with Crippen LogP contribution in [0.5, 0.6) is 0 Å². The fourth-order valence-electron chi connectivity index (χ4n) is 3.13. The lowest BCUT2D eigenvalue weighted by Gasteiger charge is -2.20. The fraction of sp³-hybridized carbons (Fsp3) is 0.100. The second-order valence-corrected chi connectivity index (χ2v) is 8.02. The van der Waals surface area contributed by atoms with E-state index in [0.29, 0.717) is 11.3 Å². The van der Waals surface area contributed by atoms with Gasteiger partial charge in [-0.05, 0) is 46.5 Å². The summed E-state index contributed by atoms with van der Waals surface area (Å²) in [4.78, 5) is 0.388. The van der Waals surface area contributed by atoms with Gasteiger partial charge in [0.25, 0.3) is 0 Å². The molecule has 1 atom stereocenters. The molecule has 4 rings (SSSR count). The van der Waals surface area contributed by atoms with Gasteiger partial charge in [-0.2, -0.15) is 0 Å². The molecule has 3 heteroatoms. The van der Waals surface area contributed by atoms with E-state index in [1.165, 1.54) is 5.39 Å². The molecule has 0 aliphatic heterocycles. The van der Waals surface area contributed by atoms with Crippen LogP contribution >= 0.6 is 0 Å². The zero-order chi connectivity index (χ0) is 15.9. The van der Waals surface area contributed by atoms with Gasteiger partial charge in [0.05, 0.1) is 10.1 Å². The number of hydrogen-bond acceptors (Lipinski definition) is 2. The van der Waals surface area contributed by atoms with Gasteiger partial charge >= 0.3 is 0 Å². The summed E-state index contributed by atoms with van der Waals surface area (Å²) in [5.41, 5.74) is 2.21. The van der Waals surface area contributed by atoms with Crippen LogP contribution in [0.15, 0.2) is 77.7 Å². The number of benzene rings is 3. The maximum atomic E-state index is 12.8. The predicted molar refractivity (Wildman–Crippen MR) is 94.1 cm³/mol. The molecular formula is C20H16O2S. The second-order valence-electron chi connectivity index (χ2n) is 5.86. The van der Waals surface area contributed by atoms with E-state index in [4.69, 9.17) is 0 Å². The Morgan fingerprint density at radius 2 is 1.48 bits per heavy atom. The lowest BCUT2D eigenvalue weighted by atomic mass is 9.94. The summed E-state index contributed by atoms with van der Waals surface area (Å²) < 4.78 is 25.6. The lowest BCUT2D eigenvalue weighted by molar-refractivity contribution is 0.587. The van der Waals surface area contributed by atoms with Crippen LogP contribution in [0, 0.1) is 0 Å². The van der Waals surface area contributed by atoms with E-state index in [-0.39, 0.29) is 0 Å². The van der Waals surface area contributed by atoms with Crippen LogP contribution < -0.4 is 0 Å². The highest BCUT2D eigenvalue weighted by Gasteiger charge is 2.28. The highest BCUT2D eigenvalue weighted by molar-refractivity contribution is 7.92. The maximum absolute atomic E-state index is 12.8. The summed E-state index contributed by atoms with van der Waals surface area (Å²) >= 11 is 0. The first-order valence-electron chi connectivity index (χ1n) is 7.63. The average Bonchev–Trinajstić information content (AvgIpc) is 2.60. The molecule has 1 aliphatic carbocycles. The van der Waals surface area contributed by atoms with Crippen molar-refractivity contribution in [3.05, 3.63) is 83.9 Å². The largest absolute Gasteiger partial charge is 0.223 e. The Morgan fingerprint density at radius 3 is 2.22 bits per heavy atom. The molecule has 23 heavy (non-hydrogen) atoms. The standard InChI is InChI=1S/C20H16O2S/c21-23(22,19-8-2-1-3-9-19)20-11-10-17-12-15-6-4-5-7-16(15)13-18(17)14-20/h1-13,20H,14H2. The molecule has 0 heterocycles. The van der Waals surface area contributed by atoms with Crippen molar-refractivity contribution in [1.82, 2.24) is 0 Å². The molecule has 2 nitrogen and oxygen atoms in total. The summed E-state index contributed by atoms with van der Waals surface area (Å²) in [6.07, 6.45) is 4.28. The second kappa shape index (κ2) is 5.36. The smallest absolute Gasteiger partial charge is 0.185 e. The van der Waals surface area contributed by atoms with Gasteiger partial charge in [-0.3, -0.25) is 0 Å². The topological polar surface area (TPSA) is 34.1 Å². The Balaban J connectivity index is 1.76. The van der Waals surface area contributed by atoms with Crippen molar-refractivity contribution >= 4 is 26.7 Å². The first-order chi connectivity index (χ1) is 11.1. The summed E-state index contributed by atoms with van der Waals surface area (Å²) in [6, 6.07) is 21.1. The third-order valence-corrected chi connectivity index (χ3v) is 6.44. The van der Waals surface area contributed by atoms with Crippen molar-refractivity contribution in [2.75, 3.05) is 0 Å². The van der Waals surface area contributed by atoms with Crippen molar-refractivity contribution in [3.63, 3.8) is 0 Å². The first kappa shape index (κ1) is 14.2. The van der Waals surface area contributed by atoms with Gasteiger partial charge in [0.15, 0.2) is 9.84 Å². The molecule has 0 saturated carbocycles. The molecule has 0 bridgehead atoms. The normalized spacial score (nSPS) is 17.1. The van der Waals surface area contributed by atoms with E-state index in [2.05, 4.69) is 24.3 Å². The Kier molecular flexibility index (Phi) is 3.31. The van der Waals surface area contributed by atoms with Crippen molar-refractivity contribution in [3.8, 4) is 0 Å². The van der Waals surface area contributed by atoms with Crippen LogP contribution in [-0.2, 0) is 16.3 Å². The van der Waals surface area contributed by atoms with Crippen LogP contribution in [-0.4, -0.2) is 13.7 Å². The molecule has 0 N–H and O–H groups in total. The Labute approximate surface area is 136 Å². The van der Waals surface area contributed by atoms with E-state index in [1.54, 1.807) is 24.3 Å². The number of fused-ring (bicyclic) bond motifs is 2. The summed E-state index contributed by atoms with van der Waals surface area (Å²) in [5.74, 6) is 0. The van der Waals surface area contributed by atoms with Gasteiger partial charge in [-0.1, -0.05) is 60.7 Å². The van der Waals surface area contributed by atoms with Gasteiger partial charge in [-0.25, -0.2) is 8.42 Å². The summed E-state index contributed by atoms with van der Waals surface area (Å²) in [5, 5.41) is 1.83. The van der Waals surface area contributed by atoms with E-state index in [1.807, 2.05) is 30.4 Å². The summed E-state index contributed by atoms with van der Waals surface area (Å²) in [7, 11) is -3.34. The van der Waals surface area contributed by atoms with Crippen molar-refractivity contribution in [2.45, 2.75) is 16.6 Å². The Bertz CT molecular complexity index is 1000. The highest BCUT2D eigenvalue weighted by Crippen LogP contribution is 2.30. The highest BCUT2D eigenvalue weighted by atomic mass is 32.2. The lowest BCUT2D eigenvalue weighted by Crippen LogP contribution is -2.24. The fourth-order valence-corrected chi connectivity index (χ4v) is 4.70. The molecule has 1 unspecified atom stereocenters. The van der Waals surface area contributed by atoms with Crippen molar-refractivity contribution in [1.29, 1.82) is 0 Å². The molecule has 0 spiro atoms. The zero-order valence-electron chi connectivity index (χ0n) is 12.5. The van der Waals surface area contributed by atoms with E-state index in [0.717, 1.165) is 16.5 Å². The third kappa shape index (κ3) is 2.47. The SMILES string of the molecule is O=S(=O)(c1ccccc1)C1C=Cc2cc3ccccc3cc2C1. The molecule has 0 radical (unpaired) electrons. The van der Waals surface area contributed by atoms with Crippen LogP contribution in [0.25, 0.3) is 16.8 Å². The minimum absolute atomic E-state index is 0.388. The first-order valence-corrected chi connectivity index (χ1v) is 9.18.